The average Bonchev–Trinajstić information content (AvgIpc) is 3.64. The fraction of sp³-hybridized carbons (Fsp3) is 0.419. The fourth-order valence-corrected chi connectivity index (χ4v) is 9.02. The Morgan fingerprint density at radius 3 is 2.05 bits per heavy atom. The minimum atomic E-state index is -1.52. The number of rotatable bonds is 19. The number of hydrogen-bond donors (Lipinski definition) is 0. The number of fused-ring (bicyclic) bond motifs is 1. The Morgan fingerprint density at radius 2 is 1.49 bits per heavy atom. The van der Waals surface area contributed by atoms with Gasteiger partial charge in [-0.2, -0.15) is 5.26 Å². The zero-order chi connectivity index (χ0) is 40.5. The molecule has 0 N–H and O–H groups in total. The van der Waals surface area contributed by atoms with E-state index >= 15 is 0 Å². The van der Waals surface area contributed by atoms with Gasteiger partial charge in [0, 0.05) is 38.1 Å². The molecule has 5 aromatic rings. The molecule has 300 valence electrons. The maximum atomic E-state index is 9.35. The van der Waals surface area contributed by atoms with Crippen molar-refractivity contribution in [3.8, 4) is 17.6 Å². The molecule has 1 aliphatic rings. The summed E-state index contributed by atoms with van der Waals surface area (Å²) < 4.78 is 36.4. The van der Waals surface area contributed by atoms with Crippen LogP contribution < -0.4 is 9.47 Å². The third-order valence-corrected chi connectivity index (χ3v) is 12.2. The van der Waals surface area contributed by atoms with Gasteiger partial charge in [0.25, 0.3) is 8.53 Å². The summed E-state index contributed by atoms with van der Waals surface area (Å²) in [6.45, 7) is 9.13. The van der Waals surface area contributed by atoms with Crippen LogP contribution in [-0.2, 0) is 19.4 Å². The third-order valence-electron chi connectivity index (χ3n) is 10.1. The molecule has 57 heavy (non-hydrogen) atoms. The highest BCUT2D eigenvalue weighted by Crippen LogP contribution is 2.53. The molecule has 3 aromatic carbocycles. The first-order chi connectivity index (χ1) is 27.6. The molecule has 1 aliphatic carbocycles. The molecule has 6 rings (SSSR count). The van der Waals surface area contributed by atoms with E-state index in [1.807, 2.05) is 67.8 Å². The lowest BCUT2D eigenvalue weighted by Crippen LogP contribution is -2.51. The molecule has 0 radical (unpaired) electrons. The quantitative estimate of drug-likeness (QED) is 0.0263. The number of imidazole rings is 1. The van der Waals surface area contributed by atoms with Crippen molar-refractivity contribution < 1.29 is 23.3 Å². The molecule has 0 spiro atoms. The van der Waals surface area contributed by atoms with E-state index in [2.05, 4.69) is 89.4 Å². The van der Waals surface area contributed by atoms with E-state index < -0.39 is 14.1 Å². The van der Waals surface area contributed by atoms with Crippen LogP contribution in [0.5, 0.6) is 11.5 Å². The minimum Gasteiger partial charge on any atom is -0.497 e. The lowest BCUT2D eigenvalue weighted by molar-refractivity contribution is -0.147. The summed E-state index contributed by atoms with van der Waals surface area (Å²) in [6, 6.07) is 28.9. The van der Waals surface area contributed by atoms with Crippen molar-refractivity contribution in [1.82, 2.24) is 29.1 Å². The predicted molar refractivity (Wildman–Crippen MR) is 223 cm³/mol. The zero-order valence-corrected chi connectivity index (χ0v) is 34.9. The fourth-order valence-electron chi connectivity index (χ4n) is 7.38. The van der Waals surface area contributed by atoms with Crippen molar-refractivity contribution >= 4 is 31.8 Å². The second-order valence-electron chi connectivity index (χ2n) is 14.7. The maximum Gasteiger partial charge on any atom is 0.259 e. The predicted octanol–water partition coefficient (Wildman–Crippen LogP) is 8.30. The van der Waals surface area contributed by atoms with Crippen molar-refractivity contribution in [2.45, 2.75) is 70.4 Å². The number of methoxy groups -OCH3 is 2. The van der Waals surface area contributed by atoms with Crippen molar-refractivity contribution in [1.29, 1.82) is 5.26 Å². The van der Waals surface area contributed by atoms with Crippen molar-refractivity contribution in [2.75, 3.05) is 41.5 Å². The first kappa shape index (κ1) is 41.7. The number of hydrogen-bond acceptors (Lipinski definition) is 11. The van der Waals surface area contributed by atoms with Crippen molar-refractivity contribution in [2.24, 2.45) is 10.9 Å². The van der Waals surface area contributed by atoms with Gasteiger partial charge in [-0.1, -0.05) is 54.6 Å². The van der Waals surface area contributed by atoms with Crippen LogP contribution in [-0.4, -0.2) is 95.1 Å². The molecule has 2 aromatic heterocycles. The number of ether oxygens (including phenoxy) is 3. The Bertz CT molecular complexity index is 2050. The van der Waals surface area contributed by atoms with E-state index in [4.69, 9.17) is 33.2 Å². The highest BCUT2D eigenvalue weighted by atomic mass is 31.2. The standard InChI is InChI=1S/C43H53N8O5P/c1-30(2)51(31(3)4)57(54-24-12-23-44)55-26-37-38(50-29-47-40-41(48-28-49(5)6)45-27-46-42(40)50)25-39(37)56-43(32-13-10-9-11-14-32,33-15-19-35(52-7)20-16-33)34-17-21-36(53-8)22-18-34/h9-11,13-22,27-31,37-39H,12,24-26H2,1-8H3/b48-28+/t37-,38+,39-,57?/m0/s1. The molecule has 1 saturated carbocycles. The Balaban J connectivity index is 1.46. The second-order valence-corrected chi connectivity index (χ2v) is 16.2. The SMILES string of the molecule is COc1ccc(C(O[C@H]2C[C@@H](n3cnc4c(/N=C/N(C)C)ncnc43)[C@@H]2COP(OCCC#N)N(C(C)C)C(C)C)(c2ccccc2)c2ccc(OC)cc2)cc1. The van der Waals surface area contributed by atoms with E-state index in [0.29, 0.717) is 30.0 Å². The molecule has 0 bridgehead atoms. The van der Waals surface area contributed by atoms with Gasteiger partial charge in [0.05, 0.1) is 58.7 Å². The van der Waals surface area contributed by atoms with Crippen LogP contribution in [0, 0.1) is 17.2 Å². The molecule has 2 heterocycles. The summed E-state index contributed by atoms with van der Waals surface area (Å²) in [4.78, 5) is 20.3. The van der Waals surface area contributed by atoms with E-state index in [0.717, 1.165) is 28.2 Å². The summed E-state index contributed by atoms with van der Waals surface area (Å²) in [5.74, 6) is 1.82. The van der Waals surface area contributed by atoms with E-state index in [-0.39, 0.29) is 43.2 Å². The van der Waals surface area contributed by atoms with Crippen LogP contribution in [0.1, 0.15) is 63.3 Å². The monoisotopic (exact) mass is 792 g/mol. The number of aliphatic imine (C=N–C) groups is 1. The normalized spacial score (nSPS) is 17.6. The smallest absolute Gasteiger partial charge is 0.259 e. The van der Waals surface area contributed by atoms with Gasteiger partial charge < -0.3 is 32.7 Å². The summed E-state index contributed by atoms with van der Waals surface area (Å²) >= 11 is 0. The Labute approximate surface area is 337 Å². The number of aromatic nitrogens is 4. The summed E-state index contributed by atoms with van der Waals surface area (Å²) in [5.41, 5.74) is 3.13. The van der Waals surface area contributed by atoms with Gasteiger partial charge in [-0.25, -0.2) is 24.6 Å². The van der Waals surface area contributed by atoms with Crippen molar-refractivity contribution in [3.63, 3.8) is 0 Å². The van der Waals surface area contributed by atoms with Gasteiger partial charge in [-0.3, -0.25) is 0 Å². The zero-order valence-electron chi connectivity index (χ0n) is 34.0. The molecular weight excluding hydrogens is 739 g/mol. The molecule has 0 aliphatic heterocycles. The van der Waals surface area contributed by atoms with Gasteiger partial charge in [0.15, 0.2) is 17.0 Å². The molecule has 1 fully saturated rings. The van der Waals surface area contributed by atoms with Crippen LogP contribution in [0.4, 0.5) is 5.82 Å². The van der Waals surface area contributed by atoms with Crippen LogP contribution in [0.15, 0.2) is 96.5 Å². The molecule has 1 unspecified atom stereocenters. The Hall–Kier alpha value is -4.96. The molecular formula is C43H53N8O5P. The van der Waals surface area contributed by atoms with Crippen LogP contribution in [0.3, 0.4) is 0 Å². The lowest BCUT2D eigenvalue weighted by Gasteiger charge is -2.50. The molecule has 0 saturated heterocycles. The van der Waals surface area contributed by atoms with E-state index in [1.165, 1.54) is 6.33 Å². The molecule has 4 atom stereocenters. The Morgan fingerprint density at radius 1 is 0.877 bits per heavy atom. The largest absolute Gasteiger partial charge is 0.497 e. The minimum absolute atomic E-state index is 0.0942. The number of nitrogens with zero attached hydrogens (tertiary/aromatic N) is 8. The molecule has 13 nitrogen and oxygen atoms in total. The van der Waals surface area contributed by atoms with Gasteiger partial charge in [-0.15, -0.1) is 0 Å². The summed E-state index contributed by atoms with van der Waals surface area (Å²) in [6.07, 6.45) is 5.67. The van der Waals surface area contributed by atoms with Crippen LogP contribution in [0.25, 0.3) is 11.2 Å². The number of nitriles is 1. The summed E-state index contributed by atoms with van der Waals surface area (Å²) in [7, 11) is 5.63. The Kier molecular flexibility index (Phi) is 13.9. The highest BCUT2D eigenvalue weighted by Gasteiger charge is 2.50. The second kappa shape index (κ2) is 19.0. The van der Waals surface area contributed by atoms with Gasteiger partial charge >= 0.3 is 0 Å². The third kappa shape index (κ3) is 9.12. The first-order valence-corrected chi connectivity index (χ1v) is 20.4. The van der Waals surface area contributed by atoms with Gasteiger partial charge in [0.1, 0.15) is 23.4 Å². The van der Waals surface area contributed by atoms with Crippen LogP contribution in [0.2, 0.25) is 0 Å². The highest BCUT2D eigenvalue weighted by molar-refractivity contribution is 7.44. The maximum absolute atomic E-state index is 9.35. The van der Waals surface area contributed by atoms with Crippen LogP contribution >= 0.6 is 8.53 Å². The van der Waals surface area contributed by atoms with Gasteiger partial charge in [0.2, 0.25) is 0 Å². The van der Waals surface area contributed by atoms with Crippen molar-refractivity contribution in [3.05, 3.63) is 108 Å². The molecule has 0 amide bonds. The average molecular weight is 793 g/mol. The summed E-state index contributed by atoms with van der Waals surface area (Å²) in [5, 5.41) is 9.35. The van der Waals surface area contributed by atoms with E-state index in [1.54, 1.807) is 20.6 Å². The first-order valence-electron chi connectivity index (χ1n) is 19.2. The number of benzene rings is 3. The molecule has 14 heteroatoms. The van der Waals surface area contributed by atoms with E-state index in [9.17, 15) is 5.26 Å². The lowest BCUT2D eigenvalue weighted by atomic mass is 9.74. The van der Waals surface area contributed by atoms with Gasteiger partial charge in [-0.05, 0) is 75.1 Å². The topological polar surface area (TPSA) is 132 Å².